The smallest absolute Gasteiger partial charge is 0.261 e. The summed E-state index contributed by atoms with van der Waals surface area (Å²) in [6.07, 6.45) is 0. The summed E-state index contributed by atoms with van der Waals surface area (Å²) in [6.45, 7) is 1.87. The Morgan fingerprint density at radius 3 is 2.71 bits per heavy atom. The van der Waals surface area contributed by atoms with E-state index in [9.17, 15) is 4.79 Å². The number of aromatic nitrogens is 1. The minimum atomic E-state index is -0.317. The molecule has 0 saturated carbocycles. The Kier molecular flexibility index (Phi) is 4.52. The van der Waals surface area contributed by atoms with E-state index in [0.717, 1.165) is 5.76 Å². The first-order chi connectivity index (χ1) is 11.6. The van der Waals surface area contributed by atoms with Crippen LogP contribution in [0, 0.1) is 6.92 Å². The number of methoxy groups -OCH3 is 2. The van der Waals surface area contributed by atoms with Gasteiger partial charge in [0.25, 0.3) is 5.91 Å². The molecule has 3 aromatic rings. The summed E-state index contributed by atoms with van der Waals surface area (Å²) < 4.78 is 16.0. The lowest BCUT2D eigenvalue weighted by atomic mass is 10.1. The van der Waals surface area contributed by atoms with Crippen LogP contribution in [0.3, 0.4) is 0 Å². The van der Waals surface area contributed by atoms with Crippen molar-refractivity contribution in [1.82, 2.24) is 4.98 Å². The van der Waals surface area contributed by atoms with Gasteiger partial charge in [0.05, 0.1) is 19.8 Å². The molecule has 1 amide bonds. The number of para-hydroxylation sites is 1. The maximum atomic E-state index is 12.5. The van der Waals surface area contributed by atoms with Crippen molar-refractivity contribution in [2.24, 2.45) is 0 Å². The topological polar surface area (TPSA) is 73.6 Å². The number of benzene rings is 1. The molecule has 0 aliphatic carbocycles. The zero-order valence-electron chi connectivity index (χ0n) is 13.5. The minimum Gasteiger partial charge on any atom is -0.493 e. The van der Waals surface area contributed by atoms with Crippen LogP contribution in [0.4, 0.5) is 5.13 Å². The van der Waals surface area contributed by atoms with Gasteiger partial charge in [0.2, 0.25) is 0 Å². The average molecular weight is 344 g/mol. The Labute approximate surface area is 143 Å². The molecule has 0 aliphatic heterocycles. The number of nitrogens with one attached hydrogen (secondary N) is 1. The predicted octanol–water partition coefficient (Wildman–Crippen LogP) is 3.98. The van der Waals surface area contributed by atoms with Gasteiger partial charge in [-0.25, -0.2) is 4.98 Å². The van der Waals surface area contributed by atoms with E-state index >= 15 is 0 Å². The summed E-state index contributed by atoms with van der Waals surface area (Å²) in [7, 11) is 3.02. The summed E-state index contributed by atoms with van der Waals surface area (Å²) in [6, 6.07) is 8.85. The highest BCUT2D eigenvalue weighted by Crippen LogP contribution is 2.32. The lowest BCUT2D eigenvalue weighted by Crippen LogP contribution is -2.13. The van der Waals surface area contributed by atoms with E-state index in [0.29, 0.717) is 33.6 Å². The average Bonchev–Trinajstić information content (AvgIpc) is 3.22. The second kappa shape index (κ2) is 6.76. The molecule has 124 valence electrons. The van der Waals surface area contributed by atoms with Crippen LogP contribution in [0.25, 0.3) is 11.5 Å². The third kappa shape index (κ3) is 3.11. The first kappa shape index (κ1) is 16.1. The van der Waals surface area contributed by atoms with Gasteiger partial charge in [0, 0.05) is 5.38 Å². The van der Waals surface area contributed by atoms with Crippen molar-refractivity contribution in [3.05, 3.63) is 47.0 Å². The van der Waals surface area contributed by atoms with Crippen molar-refractivity contribution in [3.8, 4) is 23.0 Å². The van der Waals surface area contributed by atoms with Crippen LogP contribution in [-0.4, -0.2) is 25.1 Å². The fourth-order valence-corrected chi connectivity index (χ4v) is 2.94. The van der Waals surface area contributed by atoms with Gasteiger partial charge >= 0.3 is 0 Å². The summed E-state index contributed by atoms with van der Waals surface area (Å²) in [4.78, 5) is 16.9. The molecule has 0 fully saturated rings. The Morgan fingerprint density at radius 2 is 2.04 bits per heavy atom. The second-order valence-electron chi connectivity index (χ2n) is 4.94. The number of hydrogen-bond acceptors (Lipinski definition) is 6. The molecule has 2 heterocycles. The highest BCUT2D eigenvalue weighted by molar-refractivity contribution is 7.14. The molecule has 0 saturated heterocycles. The van der Waals surface area contributed by atoms with Gasteiger partial charge in [-0.3, -0.25) is 10.1 Å². The van der Waals surface area contributed by atoms with Crippen molar-refractivity contribution < 1.29 is 18.7 Å². The Hall–Kier alpha value is -2.80. The SMILES string of the molecule is COc1cccc(C(=O)Nc2nc(-c3ccc(C)o3)cs2)c1OC. The Morgan fingerprint density at radius 1 is 1.21 bits per heavy atom. The van der Waals surface area contributed by atoms with Gasteiger partial charge in [0.15, 0.2) is 22.4 Å². The van der Waals surface area contributed by atoms with Crippen LogP contribution in [0.15, 0.2) is 40.1 Å². The number of furan rings is 1. The van der Waals surface area contributed by atoms with E-state index in [1.165, 1.54) is 25.6 Å². The van der Waals surface area contributed by atoms with Crippen LogP contribution >= 0.6 is 11.3 Å². The van der Waals surface area contributed by atoms with Gasteiger partial charge in [-0.2, -0.15) is 0 Å². The summed E-state index contributed by atoms with van der Waals surface area (Å²) in [5.41, 5.74) is 1.06. The van der Waals surface area contributed by atoms with E-state index < -0.39 is 0 Å². The highest BCUT2D eigenvalue weighted by Gasteiger charge is 2.18. The second-order valence-corrected chi connectivity index (χ2v) is 5.80. The molecular formula is C17H16N2O4S. The maximum absolute atomic E-state index is 12.5. The van der Waals surface area contributed by atoms with Crippen molar-refractivity contribution in [2.75, 3.05) is 19.5 Å². The molecule has 7 heteroatoms. The molecule has 3 rings (SSSR count). The minimum absolute atomic E-state index is 0.317. The zero-order chi connectivity index (χ0) is 17.1. The van der Waals surface area contributed by atoms with Crippen LogP contribution in [0.1, 0.15) is 16.1 Å². The molecule has 0 aliphatic rings. The van der Waals surface area contributed by atoms with E-state index in [-0.39, 0.29) is 5.91 Å². The van der Waals surface area contributed by atoms with Crippen LogP contribution in [-0.2, 0) is 0 Å². The van der Waals surface area contributed by atoms with Crippen LogP contribution in [0.5, 0.6) is 11.5 Å². The van der Waals surface area contributed by atoms with E-state index in [4.69, 9.17) is 13.9 Å². The number of thiazole rings is 1. The lowest BCUT2D eigenvalue weighted by Gasteiger charge is -2.11. The largest absolute Gasteiger partial charge is 0.493 e. The monoisotopic (exact) mass is 344 g/mol. The number of hydrogen-bond donors (Lipinski definition) is 1. The molecular weight excluding hydrogens is 328 g/mol. The summed E-state index contributed by atoms with van der Waals surface area (Å²) >= 11 is 1.32. The Bertz CT molecular complexity index is 869. The molecule has 0 spiro atoms. The zero-order valence-corrected chi connectivity index (χ0v) is 14.3. The third-order valence-electron chi connectivity index (χ3n) is 3.37. The lowest BCUT2D eigenvalue weighted by molar-refractivity contribution is 0.102. The predicted molar refractivity (Wildman–Crippen MR) is 92.1 cm³/mol. The van der Waals surface area contributed by atoms with Gasteiger partial charge in [0.1, 0.15) is 11.5 Å². The molecule has 24 heavy (non-hydrogen) atoms. The fourth-order valence-electron chi connectivity index (χ4n) is 2.25. The van der Waals surface area contributed by atoms with Crippen molar-refractivity contribution in [2.45, 2.75) is 6.92 Å². The first-order valence-corrected chi connectivity index (χ1v) is 8.05. The maximum Gasteiger partial charge on any atom is 0.261 e. The number of nitrogens with zero attached hydrogens (tertiary/aromatic N) is 1. The Balaban J connectivity index is 1.82. The molecule has 6 nitrogen and oxygen atoms in total. The van der Waals surface area contributed by atoms with Crippen LogP contribution < -0.4 is 14.8 Å². The van der Waals surface area contributed by atoms with E-state index in [1.54, 1.807) is 18.2 Å². The summed E-state index contributed by atoms with van der Waals surface area (Å²) in [5, 5.41) is 5.08. The third-order valence-corrected chi connectivity index (χ3v) is 4.12. The number of carbonyl (C=O) groups excluding carboxylic acids is 1. The normalized spacial score (nSPS) is 10.5. The molecule has 0 unspecified atom stereocenters. The summed E-state index contributed by atoms with van der Waals surface area (Å²) in [5.74, 6) is 2.04. The number of aryl methyl sites for hydroxylation is 1. The number of ether oxygens (including phenoxy) is 2. The fraction of sp³-hybridized carbons (Fsp3) is 0.176. The highest BCUT2D eigenvalue weighted by atomic mass is 32.1. The number of carbonyl (C=O) groups is 1. The quantitative estimate of drug-likeness (QED) is 0.758. The van der Waals surface area contributed by atoms with Gasteiger partial charge < -0.3 is 13.9 Å². The standard InChI is InChI=1S/C17H16N2O4S/c1-10-7-8-13(23-10)12-9-24-17(18-12)19-16(20)11-5-4-6-14(21-2)15(11)22-3/h4-9H,1-3H3,(H,18,19,20). The molecule has 0 radical (unpaired) electrons. The van der Waals surface area contributed by atoms with Gasteiger partial charge in [-0.05, 0) is 31.2 Å². The number of rotatable bonds is 5. The van der Waals surface area contributed by atoms with E-state index in [1.807, 2.05) is 24.4 Å². The van der Waals surface area contributed by atoms with Gasteiger partial charge in [-0.1, -0.05) is 6.07 Å². The molecule has 2 aromatic heterocycles. The van der Waals surface area contributed by atoms with E-state index in [2.05, 4.69) is 10.3 Å². The molecule has 0 atom stereocenters. The van der Waals surface area contributed by atoms with Crippen LogP contribution in [0.2, 0.25) is 0 Å². The number of anilines is 1. The molecule has 0 bridgehead atoms. The van der Waals surface area contributed by atoms with Gasteiger partial charge in [-0.15, -0.1) is 11.3 Å². The van der Waals surface area contributed by atoms with Crippen molar-refractivity contribution in [3.63, 3.8) is 0 Å². The number of amides is 1. The molecule has 1 N–H and O–H groups in total. The molecule has 1 aromatic carbocycles. The first-order valence-electron chi connectivity index (χ1n) is 7.17. The van der Waals surface area contributed by atoms with Crippen molar-refractivity contribution >= 4 is 22.4 Å². The van der Waals surface area contributed by atoms with Crippen molar-refractivity contribution in [1.29, 1.82) is 0 Å².